The molecule has 1 aliphatic rings. The van der Waals surface area contributed by atoms with Crippen LogP contribution in [0.2, 0.25) is 0 Å². The maximum atomic E-state index is 5.89. The van der Waals surface area contributed by atoms with Crippen molar-refractivity contribution in [2.24, 2.45) is 10.7 Å². The lowest BCUT2D eigenvalue weighted by atomic mass is 10.2. The van der Waals surface area contributed by atoms with Gasteiger partial charge in [-0.15, -0.1) is 24.0 Å². The van der Waals surface area contributed by atoms with Crippen molar-refractivity contribution in [2.45, 2.75) is 38.5 Å². The molecule has 0 unspecified atom stereocenters. The second-order valence-electron chi connectivity index (χ2n) is 5.87. The van der Waals surface area contributed by atoms with Crippen LogP contribution in [0.1, 0.15) is 37.8 Å². The first-order valence-corrected chi connectivity index (χ1v) is 8.50. The second-order valence-corrected chi connectivity index (χ2v) is 5.87. The van der Waals surface area contributed by atoms with E-state index in [0.29, 0.717) is 5.96 Å². The molecule has 0 atom stereocenters. The average molecular weight is 431 g/mol. The number of guanidine groups is 1. The Morgan fingerprint density at radius 3 is 2.70 bits per heavy atom. The number of hydrogen-bond donors (Lipinski definition) is 2. The minimum atomic E-state index is 0. The van der Waals surface area contributed by atoms with Crippen LogP contribution in [0.15, 0.2) is 29.4 Å². The van der Waals surface area contributed by atoms with Crippen LogP contribution in [0.5, 0.6) is 0 Å². The summed E-state index contributed by atoms with van der Waals surface area (Å²) in [4.78, 5) is 11.2. The van der Waals surface area contributed by atoms with Crippen LogP contribution in [0, 0.1) is 0 Å². The number of rotatable bonds is 7. The second kappa shape index (κ2) is 12.5. The van der Waals surface area contributed by atoms with Crippen molar-refractivity contribution in [3.05, 3.63) is 30.1 Å². The molecule has 1 aromatic rings. The van der Waals surface area contributed by atoms with Crippen molar-refractivity contribution in [2.75, 3.05) is 32.7 Å². The fraction of sp³-hybridized carbons (Fsp3) is 0.647. The maximum Gasteiger partial charge on any atom is 0.188 e. The highest BCUT2D eigenvalue weighted by Crippen LogP contribution is 2.09. The number of nitrogens with zero attached hydrogens (tertiary/aromatic N) is 3. The number of aromatic nitrogens is 1. The van der Waals surface area contributed by atoms with E-state index < -0.39 is 0 Å². The maximum absolute atomic E-state index is 5.89. The van der Waals surface area contributed by atoms with Crippen LogP contribution in [0.25, 0.3) is 0 Å². The zero-order valence-electron chi connectivity index (χ0n) is 13.9. The first-order valence-electron chi connectivity index (χ1n) is 8.50. The molecule has 2 rings (SSSR count). The molecule has 0 amide bonds. The van der Waals surface area contributed by atoms with Gasteiger partial charge in [0.1, 0.15) is 0 Å². The van der Waals surface area contributed by atoms with E-state index in [1.807, 2.05) is 24.4 Å². The third-order valence-corrected chi connectivity index (χ3v) is 4.03. The van der Waals surface area contributed by atoms with Crippen LogP contribution < -0.4 is 11.1 Å². The van der Waals surface area contributed by atoms with Gasteiger partial charge >= 0.3 is 0 Å². The molecule has 0 bridgehead atoms. The van der Waals surface area contributed by atoms with Crippen molar-refractivity contribution in [1.82, 2.24) is 15.2 Å². The smallest absolute Gasteiger partial charge is 0.188 e. The molecular formula is C17H30IN5. The number of nitrogens with two attached hydrogens (primary N) is 1. The lowest BCUT2D eigenvalue weighted by Gasteiger charge is -2.18. The Kier molecular flexibility index (Phi) is 11.0. The summed E-state index contributed by atoms with van der Waals surface area (Å²) in [6.07, 6.45) is 9.24. The van der Waals surface area contributed by atoms with Gasteiger partial charge in [-0.25, -0.2) is 0 Å². The summed E-state index contributed by atoms with van der Waals surface area (Å²) in [5.41, 5.74) is 6.96. The predicted octanol–water partition coefficient (Wildman–Crippen LogP) is 2.41. The molecule has 1 saturated heterocycles. The van der Waals surface area contributed by atoms with Gasteiger partial charge in [-0.3, -0.25) is 9.98 Å². The molecule has 0 radical (unpaired) electrons. The lowest BCUT2D eigenvalue weighted by molar-refractivity contribution is 0.283. The number of aliphatic imine (C=N–C) groups is 1. The SMILES string of the molecule is I.NC(=NCCCN1CCCCCC1)NCCc1ccccn1. The van der Waals surface area contributed by atoms with Crippen LogP contribution in [-0.2, 0) is 6.42 Å². The van der Waals surface area contributed by atoms with E-state index in [1.165, 1.54) is 38.8 Å². The molecule has 0 spiro atoms. The van der Waals surface area contributed by atoms with Gasteiger partial charge in [0.2, 0.25) is 0 Å². The number of pyridine rings is 1. The van der Waals surface area contributed by atoms with Crippen molar-refractivity contribution in [1.29, 1.82) is 0 Å². The molecule has 0 saturated carbocycles. The van der Waals surface area contributed by atoms with Gasteiger partial charge in [-0.05, 0) is 51.0 Å². The predicted molar refractivity (Wildman–Crippen MR) is 107 cm³/mol. The van der Waals surface area contributed by atoms with Gasteiger partial charge in [-0.1, -0.05) is 18.9 Å². The van der Waals surface area contributed by atoms with Crippen molar-refractivity contribution in [3.63, 3.8) is 0 Å². The van der Waals surface area contributed by atoms with E-state index in [1.54, 1.807) is 0 Å². The van der Waals surface area contributed by atoms with Crippen molar-refractivity contribution >= 4 is 29.9 Å². The first-order chi connectivity index (χ1) is 10.8. The molecule has 1 aromatic heterocycles. The summed E-state index contributed by atoms with van der Waals surface area (Å²) >= 11 is 0. The Morgan fingerprint density at radius 1 is 1.22 bits per heavy atom. The first kappa shape index (κ1) is 20.2. The number of likely N-dealkylation sites (tertiary alicyclic amines) is 1. The standard InChI is InChI=1S/C17H29N5.HI/c18-17(21-12-9-16-8-3-4-10-19-16)20-11-7-15-22-13-5-1-2-6-14-22;/h3-4,8,10H,1-2,5-7,9,11-15H2,(H3,18,20,21);1H. The Morgan fingerprint density at radius 2 is 2.00 bits per heavy atom. The number of halogens is 1. The molecule has 0 aromatic carbocycles. The molecule has 23 heavy (non-hydrogen) atoms. The molecule has 0 aliphatic carbocycles. The highest BCUT2D eigenvalue weighted by atomic mass is 127. The molecule has 1 aliphatic heterocycles. The zero-order chi connectivity index (χ0) is 15.5. The Bertz CT molecular complexity index is 430. The van der Waals surface area contributed by atoms with Crippen LogP contribution in [0.4, 0.5) is 0 Å². The highest BCUT2D eigenvalue weighted by molar-refractivity contribution is 14.0. The summed E-state index contributed by atoms with van der Waals surface area (Å²) in [6.45, 7) is 5.23. The minimum Gasteiger partial charge on any atom is -0.370 e. The molecule has 3 N–H and O–H groups in total. The third kappa shape index (κ3) is 9.10. The van der Waals surface area contributed by atoms with Gasteiger partial charge in [0.05, 0.1) is 0 Å². The molecular weight excluding hydrogens is 401 g/mol. The van der Waals surface area contributed by atoms with E-state index >= 15 is 0 Å². The van der Waals surface area contributed by atoms with Crippen LogP contribution in [0.3, 0.4) is 0 Å². The van der Waals surface area contributed by atoms with Crippen LogP contribution >= 0.6 is 24.0 Å². The largest absolute Gasteiger partial charge is 0.370 e. The molecule has 2 heterocycles. The van der Waals surface area contributed by atoms with E-state index in [4.69, 9.17) is 5.73 Å². The van der Waals surface area contributed by atoms with Gasteiger partial charge in [-0.2, -0.15) is 0 Å². The summed E-state index contributed by atoms with van der Waals surface area (Å²) in [5, 5.41) is 3.15. The number of nitrogens with one attached hydrogen (secondary N) is 1. The van der Waals surface area contributed by atoms with E-state index in [2.05, 4.69) is 20.2 Å². The summed E-state index contributed by atoms with van der Waals surface area (Å²) in [6, 6.07) is 5.95. The fourth-order valence-electron chi connectivity index (χ4n) is 2.77. The minimum absolute atomic E-state index is 0. The van der Waals surface area contributed by atoms with Crippen LogP contribution in [-0.4, -0.2) is 48.6 Å². The summed E-state index contributed by atoms with van der Waals surface area (Å²) in [7, 11) is 0. The Balaban J connectivity index is 0.00000264. The third-order valence-electron chi connectivity index (χ3n) is 4.03. The zero-order valence-corrected chi connectivity index (χ0v) is 16.2. The highest BCUT2D eigenvalue weighted by Gasteiger charge is 2.07. The van der Waals surface area contributed by atoms with Crippen molar-refractivity contribution in [3.8, 4) is 0 Å². The molecule has 1 fully saturated rings. The Hall–Kier alpha value is -0.890. The normalized spacial score (nSPS) is 16.4. The average Bonchev–Trinajstić information content (AvgIpc) is 2.81. The summed E-state index contributed by atoms with van der Waals surface area (Å²) in [5.74, 6) is 0.548. The fourth-order valence-corrected chi connectivity index (χ4v) is 2.77. The summed E-state index contributed by atoms with van der Waals surface area (Å²) < 4.78 is 0. The van der Waals surface area contributed by atoms with Gasteiger partial charge < -0.3 is 16.0 Å². The van der Waals surface area contributed by atoms with Gasteiger partial charge in [0, 0.05) is 31.4 Å². The monoisotopic (exact) mass is 431 g/mol. The van der Waals surface area contributed by atoms with Gasteiger partial charge in [0.25, 0.3) is 0 Å². The molecule has 6 heteroatoms. The number of hydrogen-bond acceptors (Lipinski definition) is 3. The van der Waals surface area contributed by atoms with E-state index in [0.717, 1.165) is 38.2 Å². The lowest BCUT2D eigenvalue weighted by Crippen LogP contribution is -2.33. The van der Waals surface area contributed by atoms with Crippen molar-refractivity contribution < 1.29 is 0 Å². The quantitative estimate of drug-likeness (QED) is 0.301. The topological polar surface area (TPSA) is 66.5 Å². The van der Waals surface area contributed by atoms with E-state index in [-0.39, 0.29) is 24.0 Å². The van der Waals surface area contributed by atoms with E-state index in [9.17, 15) is 0 Å². The Labute approximate surface area is 157 Å². The molecule has 130 valence electrons. The molecule has 5 nitrogen and oxygen atoms in total. The van der Waals surface area contributed by atoms with Gasteiger partial charge in [0.15, 0.2) is 5.96 Å².